The molecule has 2 fully saturated rings. The molecule has 1 N–H and O–H groups in total. The first-order valence-corrected chi connectivity index (χ1v) is 10.4. The van der Waals surface area contributed by atoms with Gasteiger partial charge >= 0.3 is 6.03 Å². The molecule has 2 aliphatic rings. The lowest BCUT2D eigenvalue weighted by Crippen LogP contribution is -2.46. The van der Waals surface area contributed by atoms with Crippen LogP contribution in [0.5, 0.6) is 0 Å². The van der Waals surface area contributed by atoms with E-state index in [0.717, 1.165) is 36.3 Å². The van der Waals surface area contributed by atoms with Crippen LogP contribution in [0.4, 0.5) is 9.18 Å². The number of aryl methyl sites for hydroxylation is 1. The van der Waals surface area contributed by atoms with Crippen molar-refractivity contribution in [2.75, 3.05) is 6.54 Å². The molecular weight excluding hydrogens is 385 g/mol. The van der Waals surface area contributed by atoms with Gasteiger partial charge in [-0.25, -0.2) is 9.18 Å². The molecule has 7 heteroatoms. The molecular formula is C23H26FN3O3. The molecule has 1 spiro atoms. The Balaban J connectivity index is 1.58. The number of urea groups is 1. The zero-order valence-corrected chi connectivity index (χ0v) is 17.3. The average Bonchev–Trinajstić information content (AvgIpc) is 2.99. The van der Waals surface area contributed by atoms with E-state index >= 15 is 0 Å². The Morgan fingerprint density at radius 3 is 2.47 bits per heavy atom. The van der Waals surface area contributed by atoms with Crippen LogP contribution in [0.2, 0.25) is 0 Å². The molecule has 1 aliphatic carbocycles. The molecule has 0 unspecified atom stereocenters. The second-order valence-corrected chi connectivity index (χ2v) is 8.34. The number of Topliss-reactive ketones (excluding diaryl/α,β-unsaturated/α-hetero) is 1. The molecule has 30 heavy (non-hydrogen) atoms. The largest absolute Gasteiger partial charge is 0.325 e. The molecule has 1 saturated carbocycles. The summed E-state index contributed by atoms with van der Waals surface area (Å²) < 4.78 is 15.5. The SMILES string of the molecule is Cc1cc(C(=O)CN2C(=O)NC3(CCCCCC3)C2=O)c(C)n1-c1cccc(F)c1. The molecule has 4 rings (SSSR count). The van der Waals surface area contributed by atoms with Gasteiger partial charge in [0.2, 0.25) is 0 Å². The Hall–Kier alpha value is -2.96. The fraction of sp³-hybridized carbons (Fsp3) is 0.435. The number of rotatable bonds is 4. The van der Waals surface area contributed by atoms with Gasteiger partial charge in [0, 0.05) is 22.6 Å². The maximum absolute atomic E-state index is 13.7. The van der Waals surface area contributed by atoms with Gasteiger partial charge in [-0.15, -0.1) is 0 Å². The Morgan fingerprint density at radius 1 is 1.10 bits per heavy atom. The summed E-state index contributed by atoms with van der Waals surface area (Å²) in [5, 5.41) is 2.87. The van der Waals surface area contributed by atoms with E-state index in [1.807, 2.05) is 6.92 Å². The lowest BCUT2D eigenvalue weighted by atomic mass is 9.90. The van der Waals surface area contributed by atoms with Gasteiger partial charge in [-0.05, 0) is 51.0 Å². The number of nitrogens with zero attached hydrogens (tertiary/aromatic N) is 2. The summed E-state index contributed by atoms with van der Waals surface area (Å²) in [6.07, 6.45) is 5.13. The number of halogens is 1. The predicted octanol–water partition coefficient (Wildman–Crippen LogP) is 4.06. The number of imide groups is 1. The normalized spacial score (nSPS) is 18.6. The van der Waals surface area contributed by atoms with Crippen LogP contribution < -0.4 is 5.32 Å². The van der Waals surface area contributed by atoms with Crippen LogP contribution in [0.15, 0.2) is 30.3 Å². The van der Waals surface area contributed by atoms with E-state index in [9.17, 15) is 18.8 Å². The Bertz CT molecular complexity index is 1020. The summed E-state index contributed by atoms with van der Waals surface area (Å²) >= 11 is 0. The summed E-state index contributed by atoms with van der Waals surface area (Å²) in [7, 11) is 0. The third-order valence-corrected chi connectivity index (χ3v) is 6.30. The molecule has 0 atom stereocenters. The van der Waals surface area contributed by atoms with Crippen molar-refractivity contribution in [2.24, 2.45) is 0 Å². The monoisotopic (exact) mass is 411 g/mol. The summed E-state index contributed by atoms with van der Waals surface area (Å²) in [6, 6.07) is 7.39. The number of hydrogen-bond donors (Lipinski definition) is 1. The maximum Gasteiger partial charge on any atom is 0.325 e. The number of amides is 3. The molecule has 2 aromatic rings. The Morgan fingerprint density at radius 2 is 1.80 bits per heavy atom. The molecule has 1 aromatic heterocycles. The van der Waals surface area contributed by atoms with Gasteiger partial charge in [-0.2, -0.15) is 0 Å². The highest BCUT2D eigenvalue weighted by atomic mass is 19.1. The zero-order valence-electron chi connectivity index (χ0n) is 17.3. The van der Waals surface area contributed by atoms with Crippen molar-refractivity contribution in [1.82, 2.24) is 14.8 Å². The molecule has 6 nitrogen and oxygen atoms in total. The van der Waals surface area contributed by atoms with Gasteiger partial charge in [-0.3, -0.25) is 14.5 Å². The van der Waals surface area contributed by atoms with Crippen LogP contribution in [0.25, 0.3) is 5.69 Å². The van der Waals surface area contributed by atoms with Crippen LogP contribution >= 0.6 is 0 Å². The van der Waals surface area contributed by atoms with Crippen LogP contribution in [0.1, 0.15) is 60.3 Å². The smallest absolute Gasteiger partial charge is 0.323 e. The first-order chi connectivity index (χ1) is 14.3. The number of nitrogens with one attached hydrogen (secondary N) is 1. The van der Waals surface area contributed by atoms with Crippen molar-refractivity contribution in [1.29, 1.82) is 0 Å². The number of ketones is 1. The third kappa shape index (κ3) is 3.42. The molecule has 0 radical (unpaired) electrons. The quantitative estimate of drug-likeness (QED) is 0.609. The average molecular weight is 411 g/mol. The highest BCUT2D eigenvalue weighted by Crippen LogP contribution is 2.33. The van der Waals surface area contributed by atoms with Gasteiger partial charge in [0.1, 0.15) is 11.4 Å². The summed E-state index contributed by atoms with van der Waals surface area (Å²) in [6.45, 7) is 3.33. The van der Waals surface area contributed by atoms with E-state index in [-0.39, 0.29) is 24.1 Å². The van der Waals surface area contributed by atoms with E-state index in [2.05, 4.69) is 5.32 Å². The van der Waals surface area contributed by atoms with E-state index in [1.54, 1.807) is 29.7 Å². The fourth-order valence-electron chi connectivity index (χ4n) is 4.78. The van der Waals surface area contributed by atoms with Crippen molar-refractivity contribution < 1.29 is 18.8 Å². The number of hydrogen-bond acceptors (Lipinski definition) is 3. The van der Waals surface area contributed by atoms with Crippen molar-refractivity contribution >= 4 is 17.7 Å². The van der Waals surface area contributed by atoms with Gasteiger partial charge in [-0.1, -0.05) is 31.7 Å². The van der Waals surface area contributed by atoms with Gasteiger partial charge in [0.05, 0.1) is 6.54 Å². The van der Waals surface area contributed by atoms with Gasteiger partial charge < -0.3 is 9.88 Å². The van der Waals surface area contributed by atoms with Crippen molar-refractivity contribution in [3.05, 3.63) is 53.1 Å². The number of carbonyl (C=O) groups is 3. The number of aromatic nitrogens is 1. The second kappa shape index (κ2) is 7.70. The second-order valence-electron chi connectivity index (χ2n) is 8.34. The van der Waals surface area contributed by atoms with Crippen molar-refractivity contribution in [2.45, 2.75) is 57.9 Å². The molecule has 3 amide bonds. The van der Waals surface area contributed by atoms with Gasteiger partial charge in [0.15, 0.2) is 5.78 Å². The molecule has 1 aliphatic heterocycles. The summed E-state index contributed by atoms with van der Waals surface area (Å²) in [5.74, 6) is -0.956. The lowest BCUT2D eigenvalue weighted by Gasteiger charge is -2.24. The standard InChI is InChI=1S/C23H26FN3O3/c1-15-12-19(16(2)27(15)18-9-7-8-17(24)13-18)20(28)14-26-21(29)23(25-22(26)30)10-5-3-4-6-11-23/h7-9,12-13H,3-6,10-11,14H2,1-2H3,(H,25,30). The van der Waals surface area contributed by atoms with E-state index in [0.29, 0.717) is 29.8 Å². The molecule has 2 heterocycles. The minimum atomic E-state index is -0.855. The lowest BCUT2D eigenvalue weighted by molar-refractivity contribution is -0.131. The third-order valence-electron chi connectivity index (χ3n) is 6.30. The highest BCUT2D eigenvalue weighted by molar-refractivity contribution is 6.11. The predicted molar refractivity (Wildman–Crippen MR) is 110 cm³/mol. The van der Waals surface area contributed by atoms with Crippen molar-refractivity contribution in [3.63, 3.8) is 0 Å². The molecule has 1 saturated heterocycles. The van der Waals surface area contributed by atoms with Crippen LogP contribution in [0.3, 0.4) is 0 Å². The first kappa shape index (κ1) is 20.3. The van der Waals surface area contributed by atoms with Crippen molar-refractivity contribution in [3.8, 4) is 5.69 Å². The number of benzene rings is 1. The molecule has 0 bridgehead atoms. The van der Waals surface area contributed by atoms with Crippen LogP contribution in [-0.2, 0) is 4.79 Å². The van der Waals surface area contributed by atoms with E-state index < -0.39 is 11.6 Å². The minimum absolute atomic E-state index is 0.290. The number of carbonyl (C=O) groups excluding carboxylic acids is 3. The minimum Gasteiger partial charge on any atom is -0.323 e. The molecule has 1 aromatic carbocycles. The summed E-state index contributed by atoms with van der Waals surface area (Å²) in [4.78, 5) is 39.7. The maximum atomic E-state index is 13.7. The summed E-state index contributed by atoms with van der Waals surface area (Å²) in [5.41, 5.74) is 1.63. The highest BCUT2D eigenvalue weighted by Gasteiger charge is 2.51. The Kier molecular flexibility index (Phi) is 5.22. The van der Waals surface area contributed by atoms with E-state index in [4.69, 9.17) is 0 Å². The topological polar surface area (TPSA) is 71.4 Å². The van der Waals surface area contributed by atoms with Crippen LogP contribution in [-0.4, -0.2) is 39.3 Å². The fourth-order valence-corrected chi connectivity index (χ4v) is 4.78. The van der Waals surface area contributed by atoms with Gasteiger partial charge in [0.25, 0.3) is 5.91 Å². The first-order valence-electron chi connectivity index (χ1n) is 10.4. The molecule has 158 valence electrons. The Labute approximate surface area is 175 Å². The zero-order chi connectivity index (χ0) is 21.5. The van der Waals surface area contributed by atoms with E-state index in [1.165, 1.54) is 12.1 Å². The van der Waals surface area contributed by atoms with Crippen LogP contribution in [0, 0.1) is 19.7 Å².